The van der Waals surface area contributed by atoms with Gasteiger partial charge in [0.15, 0.2) is 11.6 Å². The predicted molar refractivity (Wildman–Crippen MR) is 150 cm³/mol. The minimum atomic E-state index is -0.485. The highest BCUT2D eigenvalue weighted by Gasteiger charge is 2.34. The third kappa shape index (κ3) is 5.05. The van der Waals surface area contributed by atoms with Gasteiger partial charge < -0.3 is 14.3 Å². The van der Waals surface area contributed by atoms with Crippen molar-refractivity contribution in [2.75, 3.05) is 26.2 Å². The van der Waals surface area contributed by atoms with Gasteiger partial charge in [0.25, 0.3) is 11.5 Å². The van der Waals surface area contributed by atoms with Gasteiger partial charge in [0.05, 0.1) is 6.26 Å². The third-order valence-corrected chi connectivity index (χ3v) is 7.74. The summed E-state index contributed by atoms with van der Waals surface area (Å²) >= 11 is 0. The van der Waals surface area contributed by atoms with Crippen LogP contribution in [-0.2, 0) is 13.0 Å². The molecule has 0 unspecified atom stereocenters. The van der Waals surface area contributed by atoms with E-state index < -0.39 is 6.04 Å². The number of pyridine rings is 1. The van der Waals surface area contributed by atoms with Crippen molar-refractivity contribution in [3.05, 3.63) is 111 Å². The number of aromatic nitrogens is 5. The van der Waals surface area contributed by atoms with Crippen LogP contribution in [0, 0.1) is 13.8 Å². The van der Waals surface area contributed by atoms with Gasteiger partial charge in [0, 0.05) is 43.8 Å². The summed E-state index contributed by atoms with van der Waals surface area (Å²) in [7, 11) is 0. The molecule has 10 heteroatoms. The Kier molecular flexibility index (Phi) is 7.00. The minimum absolute atomic E-state index is 0.136. The van der Waals surface area contributed by atoms with Crippen LogP contribution in [0.3, 0.4) is 0 Å². The largest absolute Gasteiger partial charge is 0.459 e. The molecule has 4 heterocycles. The van der Waals surface area contributed by atoms with E-state index in [9.17, 15) is 9.59 Å². The number of nitrogens with zero attached hydrogens (tertiary/aromatic N) is 6. The van der Waals surface area contributed by atoms with E-state index in [1.165, 1.54) is 11.8 Å². The number of carbonyl (C=O) groups is 1. The number of furan rings is 1. The van der Waals surface area contributed by atoms with Crippen molar-refractivity contribution < 1.29 is 9.21 Å². The number of hydrogen-bond donors (Lipinski definition) is 1. The fourth-order valence-electron chi connectivity index (χ4n) is 5.38. The Hall–Kier alpha value is -4.57. The topological polar surface area (TPSA) is 113 Å². The van der Waals surface area contributed by atoms with Crippen molar-refractivity contribution in [3.63, 3.8) is 0 Å². The Morgan fingerprint density at radius 1 is 1.00 bits per heavy atom. The number of tetrazole rings is 1. The number of piperazine rings is 1. The van der Waals surface area contributed by atoms with Gasteiger partial charge in [-0.2, -0.15) is 0 Å². The number of carbonyl (C=O) groups excluding carboxylic acids is 1. The highest BCUT2D eigenvalue weighted by atomic mass is 16.3. The standard InChI is InChI=1S/C30H31N7O3/c1-20-17-23-19-24(29(38)31-25(23)18-21(20)2)27(28-32-33-34-37(28)11-10-22-7-4-3-5-8-22)35-12-14-36(15-13-35)30(39)26-9-6-16-40-26/h3-9,16-19,27H,10-15H2,1-2H3,(H,31,38)/t27-/m0/s1. The van der Waals surface area contributed by atoms with Gasteiger partial charge in [0.1, 0.15) is 6.04 Å². The number of fused-ring (bicyclic) bond motifs is 1. The molecule has 2 aromatic carbocycles. The monoisotopic (exact) mass is 537 g/mol. The number of aromatic amines is 1. The van der Waals surface area contributed by atoms with Crippen molar-refractivity contribution >= 4 is 16.8 Å². The maximum absolute atomic E-state index is 13.6. The quantitative estimate of drug-likeness (QED) is 0.338. The summed E-state index contributed by atoms with van der Waals surface area (Å²) in [5.74, 6) is 0.796. The average Bonchev–Trinajstić information content (AvgIpc) is 3.67. The molecular formula is C30H31N7O3. The van der Waals surface area contributed by atoms with Crippen molar-refractivity contribution in [3.8, 4) is 0 Å². The van der Waals surface area contributed by atoms with Crippen LogP contribution < -0.4 is 5.56 Å². The first-order valence-corrected chi connectivity index (χ1v) is 13.5. The van der Waals surface area contributed by atoms with Crippen LogP contribution in [0.5, 0.6) is 0 Å². The molecule has 3 aromatic heterocycles. The molecule has 0 radical (unpaired) electrons. The summed E-state index contributed by atoms with van der Waals surface area (Å²) in [4.78, 5) is 33.5. The summed E-state index contributed by atoms with van der Waals surface area (Å²) in [5.41, 5.74) is 4.66. The van der Waals surface area contributed by atoms with Crippen molar-refractivity contribution in [1.82, 2.24) is 35.0 Å². The number of rotatable bonds is 7. The van der Waals surface area contributed by atoms with Gasteiger partial charge in [0.2, 0.25) is 0 Å². The van der Waals surface area contributed by atoms with Gasteiger partial charge in [-0.15, -0.1) is 5.10 Å². The molecule has 204 valence electrons. The van der Waals surface area contributed by atoms with Crippen molar-refractivity contribution in [1.29, 1.82) is 0 Å². The van der Waals surface area contributed by atoms with Gasteiger partial charge >= 0.3 is 0 Å². The zero-order chi connectivity index (χ0) is 27.6. The Morgan fingerprint density at radius 2 is 1.77 bits per heavy atom. The normalized spacial score (nSPS) is 15.0. The van der Waals surface area contributed by atoms with Crippen molar-refractivity contribution in [2.24, 2.45) is 0 Å². The molecule has 1 N–H and O–H groups in total. The van der Waals surface area contributed by atoms with Crippen LogP contribution in [0.1, 0.15) is 44.7 Å². The van der Waals surface area contributed by atoms with E-state index in [4.69, 9.17) is 4.42 Å². The van der Waals surface area contributed by atoms with Crippen LogP contribution >= 0.6 is 0 Å². The van der Waals surface area contributed by atoms with E-state index in [-0.39, 0.29) is 11.5 Å². The Balaban J connectivity index is 1.35. The average molecular weight is 538 g/mol. The van der Waals surface area contributed by atoms with E-state index >= 15 is 0 Å². The molecule has 1 saturated heterocycles. The number of amides is 1. The molecule has 1 atom stereocenters. The lowest BCUT2D eigenvalue weighted by molar-refractivity contribution is 0.0558. The molecule has 0 bridgehead atoms. The number of H-pyrrole nitrogens is 1. The maximum atomic E-state index is 13.6. The number of aryl methyl sites for hydroxylation is 4. The molecule has 40 heavy (non-hydrogen) atoms. The summed E-state index contributed by atoms with van der Waals surface area (Å²) in [5, 5.41) is 13.7. The Bertz CT molecular complexity index is 1680. The molecule has 0 spiro atoms. The molecule has 0 saturated carbocycles. The van der Waals surface area contributed by atoms with Crippen molar-refractivity contribution in [2.45, 2.75) is 32.9 Å². The predicted octanol–water partition coefficient (Wildman–Crippen LogP) is 3.51. The molecule has 6 rings (SSSR count). The molecular weight excluding hydrogens is 506 g/mol. The van der Waals surface area contributed by atoms with Gasteiger partial charge in [-0.1, -0.05) is 30.3 Å². The molecule has 1 aliphatic rings. The van der Waals surface area contributed by atoms with Crippen LogP contribution in [0.2, 0.25) is 0 Å². The van der Waals surface area contributed by atoms with E-state index in [0.717, 1.165) is 28.5 Å². The van der Waals surface area contributed by atoms with Crippen LogP contribution in [0.15, 0.2) is 76.1 Å². The fourth-order valence-corrected chi connectivity index (χ4v) is 5.38. The third-order valence-electron chi connectivity index (χ3n) is 7.74. The summed E-state index contributed by atoms with van der Waals surface area (Å²) < 4.78 is 7.12. The molecule has 0 aliphatic carbocycles. The van der Waals surface area contributed by atoms with E-state index in [2.05, 4.69) is 50.5 Å². The van der Waals surface area contributed by atoms with Gasteiger partial charge in [-0.25, -0.2) is 4.68 Å². The second kappa shape index (κ2) is 10.9. The first-order chi connectivity index (χ1) is 19.5. The van der Waals surface area contributed by atoms with E-state index in [0.29, 0.717) is 49.9 Å². The number of hydrogen-bond acceptors (Lipinski definition) is 7. The summed E-state index contributed by atoms with van der Waals surface area (Å²) in [6, 6.07) is 19.1. The lowest BCUT2D eigenvalue weighted by atomic mass is 10.00. The minimum Gasteiger partial charge on any atom is -0.459 e. The second-order valence-electron chi connectivity index (χ2n) is 10.3. The highest BCUT2D eigenvalue weighted by molar-refractivity contribution is 5.91. The number of nitrogens with one attached hydrogen (secondary N) is 1. The first kappa shape index (κ1) is 25.7. The second-order valence-corrected chi connectivity index (χ2v) is 10.3. The Labute approximate surface area is 231 Å². The molecule has 1 aliphatic heterocycles. The zero-order valence-corrected chi connectivity index (χ0v) is 22.6. The molecule has 1 fully saturated rings. The lowest BCUT2D eigenvalue weighted by Gasteiger charge is -2.38. The van der Waals surface area contributed by atoms with Crippen LogP contribution in [-0.4, -0.2) is 67.1 Å². The van der Waals surface area contributed by atoms with Crippen LogP contribution in [0.25, 0.3) is 10.9 Å². The lowest BCUT2D eigenvalue weighted by Crippen LogP contribution is -2.50. The first-order valence-electron chi connectivity index (χ1n) is 13.5. The van der Waals surface area contributed by atoms with E-state index in [1.807, 2.05) is 37.3 Å². The molecule has 5 aromatic rings. The smallest absolute Gasteiger partial charge is 0.289 e. The maximum Gasteiger partial charge on any atom is 0.289 e. The molecule has 1 amide bonds. The van der Waals surface area contributed by atoms with E-state index in [1.54, 1.807) is 21.7 Å². The van der Waals surface area contributed by atoms with Crippen LogP contribution in [0.4, 0.5) is 0 Å². The zero-order valence-electron chi connectivity index (χ0n) is 22.6. The molecule has 10 nitrogen and oxygen atoms in total. The van der Waals surface area contributed by atoms with Gasteiger partial charge in [-0.05, 0) is 83.1 Å². The summed E-state index contributed by atoms with van der Waals surface area (Å²) in [6.45, 7) is 6.76. The SMILES string of the molecule is Cc1cc2cc([C@@H](c3nnnn3CCc3ccccc3)N3CCN(C(=O)c4ccco4)CC3)c(=O)[nH]c2cc1C. The Morgan fingerprint density at radius 3 is 2.52 bits per heavy atom. The fraction of sp³-hybridized carbons (Fsp3) is 0.300. The van der Waals surface area contributed by atoms with Gasteiger partial charge in [-0.3, -0.25) is 14.5 Å². The highest BCUT2D eigenvalue weighted by Crippen LogP contribution is 2.29. The number of benzene rings is 2. The summed E-state index contributed by atoms with van der Waals surface area (Å²) in [6.07, 6.45) is 2.26.